The van der Waals surface area contributed by atoms with Gasteiger partial charge in [-0.3, -0.25) is 0 Å². The van der Waals surface area contributed by atoms with Gasteiger partial charge in [-0.1, -0.05) is 51.7 Å². The molecule has 0 aliphatic rings. The molecule has 0 radical (unpaired) electrons. The lowest BCUT2D eigenvalue weighted by Crippen LogP contribution is -2.08. The van der Waals surface area contributed by atoms with Gasteiger partial charge < -0.3 is 9.47 Å². The first-order valence-corrected chi connectivity index (χ1v) is 8.49. The van der Waals surface area contributed by atoms with Crippen molar-refractivity contribution in [3.63, 3.8) is 0 Å². The normalized spacial score (nSPS) is 11.2. The van der Waals surface area contributed by atoms with Gasteiger partial charge in [0, 0.05) is 0 Å². The standard InChI is InChI=1S/C20H27NO3/c1-16(2)8-6-4-5-7-13-24-20(22)18(15-21)14-17-9-11-19(23-3)12-10-17/h9-12,14,16H,4-8,13H2,1-3H3. The Kier molecular flexibility index (Phi) is 9.29. The highest BCUT2D eigenvalue weighted by molar-refractivity contribution is 5.97. The monoisotopic (exact) mass is 329 g/mol. The molecule has 4 heteroatoms. The third-order valence-electron chi connectivity index (χ3n) is 3.68. The van der Waals surface area contributed by atoms with Gasteiger partial charge in [-0.05, 0) is 36.1 Å². The fraction of sp³-hybridized carbons (Fsp3) is 0.500. The van der Waals surface area contributed by atoms with Gasteiger partial charge in [0.1, 0.15) is 17.4 Å². The lowest BCUT2D eigenvalue weighted by atomic mass is 10.0. The molecule has 1 aromatic rings. The molecule has 1 aromatic carbocycles. The number of nitrogens with zero attached hydrogens (tertiary/aromatic N) is 1. The predicted octanol–water partition coefficient (Wildman–Crippen LogP) is 4.75. The van der Waals surface area contributed by atoms with E-state index in [9.17, 15) is 4.79 Å². The highest BCUT2D eigenvalue weighted by atomic mass is 16.5. The third-order valence-corrected chi connectivity index (χ3v) is 3.68. The maximum atomic E-state index is 11.9. The van der Waals surface area contributed by atoms with Gasteiger partial charge in [-0.15, -0.1) is 0 Å². The van der Waals surface area contributed by atoms with Crippen LogP contribution in [0.25, 0.3) is 6.08 Å². The van der Waals surface area contributed by atoms with E-state index in [2.05, 4.69) is 13.8 Å². The van der Waals surface area contributed by atoms with E-state index in [1.807, 2.05) is 6.07 Å². The number of carbonyl (C=O) groups is 1. The molecule has 0 amide bonds. The van der Waals surface area contributed by atoms with Gasteiger partial charge in [0.15, 0.2) is 0 Å². The summed E-state index contributed by atoms with van der Waals surface area (Å²) in [7, 11) is 1.59. The van der Waals surface area contributed by atoms with Crippen LogP contribution in [0.5, 0.6) is 5.75 Å². The smallest absolute Gasteiger partial charge is 0.348 e. The number of nitriles is 1. The van der Waals surface area contributed by atoms with Crippen LogP contribution in [0, 0.1) is 17.2 Å². The second kappa shape index (κ2) is 11.3. The molecule has 130 valence electrons. The quantitative estimate of drug-likeness (QED) is 0.269. The van der Waals surface area contributed by atoms with Crippen molar-refractivity contribution in [1.82, 2.24) is 0 Å². The number of unbranched alkanes of at least 4 members (excludes halogenated alkanes) is 3. The molecule has 0 aliphatic carbocycles. The Balaban J connectivity index is 2.38. The van der Waals surface area contributed by atoms with Crippen LogP contribution >= 0.6 is 0 Å². The maximum Gasteiger partial charge on any atom is 0.348 e. The van der Waals surface area contributed by atoms with Crippen molar-refractivity contribution >= 4 is 12.0 Å². The Bertz CT molecular complexity index is 568. The number of benzene rings is 1. The van der Waals surface area contributed by atoms with Crippen LogP contribution in [0.15, 0.2) is 29.8 Å². The number of rotatable bonds is 10. The molecule has 0 saturated carbocycles. The molecule has 0 N–H and O–H groups in total. The molecule has 1 rings (SSSR count). The molecular formula is C20H27NO3. The molecule has 0 bridgehead atoms. The van der Waals surface area contributed by atoms with Crippen molar-refractivity contribution in [1.29, 1.82) is 5.26 Å². The average molecular weight is 329 g/mol. The Labute approximate surface area is 145 Å². The Morgan fingerprint density at radius 2 is 1.83 bits per heavy atom. The zero-order valence-corrected chi connectivity index (χ0v) is 14.9. The van der Waals surface area contributed by atoms with Gasteiger partial charge in [0.05, 0.1) is 13.7 Å². The highest BCUT2D eigenvalue weighted by Gasteiger charge is 2.10. The molecule has 0 spiro atoms. The molecular weight excluding hydrogens is 302 g/mol. The summed E-state index contributed by atoms with van der Waals surface area (Å²) >= 11 is 0. The minimum Gasteiger partial charge on any atom is -0.497 e. The molecule has 0 atom stereocenters. The summed E-state index contributed by atoms with van der Waals surface area (Å²) in [5, 5.41) is 9.14. The lowest BCUT2D eigenvalue weighted by Gasteiger charge is -2.06. The first-order chi connectivity index (χ1) is 11.6. The maximum absolute atomic E-state index is 11.9. The second-order valence-electron chi connectivity index (χ2n) is 6.18. The summed E-state index contributed by atoms with van der Waals surface area (Å²) in [4.78, 5) is 11.9. The molecule has 0 aliphatic heterocycles. The number of ether oxygens (including phenoxy) is 2. The van der Waals surface area contributed by atoms with Gasteiger partial charge in [0.25, 0.3) is 0 Å². The number of methoxy groups -OCH3 is 1. The third kappa shape index (κ3) is 7.82. The van der Waals surface area contributed by atoms with E-state index in [0.29, 0.717) is 6.61 Å². The molecule has 0 aromatic heterocycles. The number of hydrogen-bond donors (Lipinski definition) is 0. The van der Waals surface area contributed by atoms with Crippen LogP contribution in [0.2, 0.25) is 0 Å². The van der Waals surface area contributed by atoms with Crippen LogP contribution in [-0.2, 0) is 9.53 Å². The Morgan fingerprint density at radius 1 is 1.17 bits per heavy atom. The van der Waals surface area contributed by atoms with Crippen LogP contribution in [0.4, 0.5) is 0 Å². The summed E-state index contributed by atoms with van der Waals surface area (Å²) in [5.74, 6) is 0.908. The second-order valence-corrected chi connectivity index (χ2v) is 6.18. The summed E-state index contributed by atoms with van der Waals surface area (Å²) < 4.78 is 10.3. The van der Waals surface area contributed by atoms with Gasteiger partial charge in [0.2, 0.25) is 0 Å². The summed E-state index contributed by atoms with van der Waals surface area (Å²) in [6.07, 6.45) is 7.03. The van der Waals surface area contributed by atoms with Crippen molar-refractivity contribution < 1.29 is 14.3 Å². The topological polar surface area (TPSA) is 59.3 Å². The van der Waals surface area contributed by atoms with Crippen molar-refractivity contribution in [2.45, 2.75) is 46.0 Å². The van der Waals surface area contributed by atoms with Crippen molar-refractivity contribution in [3.8, 4) is 11.8 Å². The van der Waals surface area contributed by atoms with Gasteiger partial charge >= 0.3 is 5.97 Å². The van der Waals surface area contributed by atoms with Crippen molar-refractivity contribution in [3.05, 3.63) is 35.4 Å². The van der Waals surface area contributed by atoms with E-state index in [4.69, 9.17) is 14.7 Å². The van der Waals surface area contributed by atoms with Crippen molar-refractivity contribution in [2.24, 2.45) is 5.92 Å². The summed E-state index contributed by atoms with van der Waals surface area (Å²) in [5.41, 5.74) is 0.776. The fourth-order valence-corrected chi connectivity index (χ4v) is 2.25. The van der Waals surface area contributed by atoms with Crippen LogP contribution < -0.4 is 4.74 Å². The molecule has 0 fully saturated rings. The Hall–Kier alpha value is -2.28. The lowest BCUT2D eigenvalue weighted by molar-refractivity contribution is -0.138. The van der Waals surface area contributed by atoms with Crippen LogP contribution in [0.3, 0.4) is 0 Å². The van der Waals surface area contributed by atoms with Crippen molar-refractivity contribution in [2.75, 3.05) is 13.7 Å². The molecule has 0 unspecified atom stereocenters. The number of hydrogen-bond acceptors (Lipinski definition) is 4. The predicted molar refractivity (Wildman–Crippen MR) is 95.5 cm³/mol. The first kappa shape index (κ1) is 19.8. The van der Waals surface area contributed by atoms with Crippen LogP contribution in [-0.4, -0.2) is 19.7 Å². The van der Waals surface area contributed by atoms with E-state index in [-0.39, 0.29) is 5.57 Å². The SMILES string of the molecule is COc1ccc(C=C(C#N)C(=O)OCCCCCCC(C)C)cc1. The van der Waals surface area contributed by atoms with Crippen LogP contribution in [0.1, 0.15) is 51.5 Å². The Morgan fingerprint density at radius 3 is 2.42 bits per heavy atom. The highest BCUT2D eigenvalue weighted by Crippen LogP contribution is 2.15. The van der Waals surface area contributed by atoms with E-state index in [1.54, 1.807) is 31.4 Å². The van der Waals surface area contributed by atoms with E-state index in [0.717, 1.165) is 36.5 Å². The van der Waals surface area contributed by atoms with Gasteiger partial charge in [-0.2, -0.15) is 5.26 Å². The van der Waals surface area contributed by atoms with E-state index in [1.165, 1.54) is 18.9 Å². The molecule has 0 heterocycles. The minimum absolute atomic E-state index is 0.0139. The zero-order valence-electron chi connectivity index (χ0n) is 14.9. The molecule has 0 saturated heterocycles. The number of esters is 1. The molecule has 4 nitrogen and oxygen atoms in total. The fourth-order valence-electron chi connectivity index (χ4n) is 2.25. The largest absolute Gasteiger partial charge is 0.497 e. The molecule has 24 heavy (non-hydrogen) atoms. The van der Waals surface area contributed by atoms with E-state index < -0.39 is 5.97 Å². The summed E-state index contributed by atoms with van der Waals surface area (Å²) in [6.45, 7) is 4.81. The zero-order chi connectivity index (χ0) is 17.8. The minimum atomic E-state index is -0.560. The summed E-state index contributed by atoms with van der Waals surface area (Å²) in [6, 6.07) is 9.05. The van der Waals surface area contributed by atoms with E-state index >= 15 is 0 Å². The first-order valence-electron chi connectivity index (χ1n) is 8.49. The van der Waals surface area contributed by atoms with Gasteiger partial charge in [-0.25, -0.2) is 4.79 Å². The number of carbonyl (C=O) groups excluding carboxylic acids is 1. The average Bonchev–Trinajstić information content (AvgIpc) is 2.58.